The van der Waals surface area contributed by atoms with Gasteiger partial charge >= 0.3 is 0 Å². The molecule has 2 N–H and O–H groups in total. The summed E-state index contributed by atoms with van der Waals surface area (Å²) in [4.78, 5) is 37.9. The Morgan fingerprint density at radius 1 is 1.15 bits per heavy atom. The summed E-state index contributed by atoms with van der Waals surface area (Å²) >= 11 is 0. The fourth-order valence-corrected chi connectivity index (χ4v) is 2.95. The van der Waals surface area contributed by atoms with Crippen molar-refractivity contribution in [3.63, 3.8) is 0 Å². The molecule has 27 heavy (non-hydrogen) atoms. The van der Waals surface area contributed by atoms with Gasteiger partial charge in [-0.25, -0.2) is 8.78 Å². The molecule has 0 fully saturated rings. The van der Waals surface area contributed by atoms with Crippen molar-refractivity contribution in [2.45, 2.75) is 12.3 Å². The number of nitrogens with zero attached hydrogens (tertiary/aromatic N) is 1. The molecule has 8 heteroatoms. The van der Waals surface area contributed by atoms with E-state index >= 15 is 0 Å². The summed E-state index contributed by atoms with van der Waals surface area (Å²) in [6, 6.07) is 9.07. The predicted octanol–water partition coefficient (Wildman–Crippen LogP) is 2.49. The molecule has 2 aromatic carbocycles. The Labute approximate surface area is 154 Å². The largest absolute Gasteiger partial charge is 0.336 e. The summed E-state index contributed by atoms with van der Waals surface area (Å²) in [6.45, 7) is -0.245. The van der Waals surface area contributed by atoms with E-state index in [0.29, 0.717) is 11.3 Å². The van der Waals surface area contributed by atoms with Crippen LogP contribution in [0.3, 0.4) is 0 Å². The van der Waals surface area contributed by atoms with Crippen LogP contribution in [0.4, 0.5) is 20.2 Å². The zero-order chi connectivity index (χ0) is 19.6. The van der Waals surface area contributed by atoms with E-state index < -0.39 is 35.3 Å². The minimum absolute atomic E-state index is 0.0820. The molecule has 1 unspecified atom stereocenters. The Morgan fingerprint density at radius 2 is 1.81 bits per heavy atom. The molecule has 2 aromatic rings. The Kier molecular flexibility index (Phi) is 5.16. The highest BCUT2D eigenvalue weighted by Crippen LogP contribution is 2.33. The summed E-state index contributed by atoms with van der Waals surface area (Å²) in [7, 11) is 1.45. The van der Waals surface area contributed by atoms with Crippen LogP contribution < -0.4 is 10.6 Å². The maximum Gasteiger partial charge on any atom is 0.243 e. The second kappa shape index (κ2) is 7.53. The highest BCUT2D eigenvalue weighted by atomic mass is 19.1. The van der Waals surface area contributed by atoms with Gasteiger partial charge in [-0.2, -0.15) is 0 Å². The van der Waals surface area contributed by atoms with Crippen molar-refractivity contribution < 1.29 is 23.2 Å². The number of halogens is 2. The van der Waals surface area contributed by atoms with E-state index in [1.54, 1.807) is 0 Å². The summed E-state index contributed by atoms with van der Waals surface area (Å²) in [6.07, 6.45) is -0.0820. The van der Waals surface area contributed by atoms with Crippen LogP contribution in [0.25, 0.3) is 0 Å². The molecule has 0 radical (unpaired) electrons. The molecule has 1 heterocycles. The van der Waals surface area contributed by atoms with E-state index in [0.717, 1.165) is 6.07 Å². The number of carbonyl (C=O) groups excluding carboxylic acids is 3. The fraction of sp³-hybridized carbons (Fsp3) is 0.211. The minimum Gasteiger partial charge on any atom is -0.336 e. The van der Waals surface area contributed by atoms with Crippen molar-refractivity contribution in [1.29, 1.82) is 0 Å². The third-order valence-corrected chi connectivity index (χ3v) is 4.24. The summed E-state index contributed by atoms with van der Waals surface area (Å²) in [5, 5.41) is 5.11. The van der Waals surface area contributed by atoms with Gasteiger partial charge in [0, 0.05) is 24.8 Å². The molecule has 0 aliphatic carbocycles. The number of fused-ring (bicyclic) bond motifs is 1. The van der Waals surface area contributed by atoms with E-state index in [-0.39, 0.29) is 18.7 Å². The maximum absolute atomic E-state index is 13.4. The minimum atomic E-state index is -0.794. The number of hydrogen-bond donors (Lipinski definition) is 2. The number of amides is 3. The number of anilines is 2. The molecular formula is C19H17F2N3O3. The van der Waals surface area contributed by atoms with Crippen LogP contribution in [0.5, 0.6) is 0 Å². The van der Waals surface area contributed by atoms with Crippen LogP contribution >= 0.6 is 0 Å². The highest BCUT2D eigenvalue weighted by Gasteiger charge is 2.33. The monoisotopic (exact) mass is 373 g/mol. The third kappa shape index (κ3) is 4.28. The smallest absolute Gasteiger partial charge is 0.243 e. The summed E-state index contributed by atoms with van der Waals surface area (Å²) in [5.74, 6) is -3.02. The number of benzene rings is 2. The number of likely N-dealkylation sites (N-methyl/N-ethyl adjacent to an activating group) is 1. The summed E-state index contributed by atoms with van der Waals surface area (Å²) < 4.78 is 26.3. The Bertz CT molecular complexity index is 900. The second-order valence-corrected chi connectivity index (χ2v) is 6.29. The van der Waals surface area contributed by atoms with Gasteiger partial charge in [-0.3, -0.25) is 14.4 Å². The lowest BCUT2D eigenvalue weighted by molar-refractivity contribution is -0.136. The van der Waals surface area contributed by atoms with Gasteiger partial charge < -0.3 is 15.5 Å². The maximum atomic E-state index is 13.4. The molecule has 3 amide bonds. The Balaban J connectivity index is 1.69. The predicted molar refractivity (Wildman–Crippen MR) is 95.1 cm³/mol. The van der Waals surface area contributed by atoms with E-state index in [9.17, 15) is 23.2 Å². The van der Waals surface area contributed by atoms with Crippen molar-refractivity contribution in [1.82, 2.24) is 4.90 Å². The molecule has 0 saturated carbocycles. The lowest BCUT2D eigenvalue weighted by atomic mass is 9.89. The lowest BCUT2D eigenvalue weighted by Crippen LogP contribution is -2.40. The van der Waals surface area contributed by atoms with Gasteiger partial charge in [-0.15, -0.1) is 0 Å². The first kappa shape index (κ1) is 18.5. The molecule has 0 saturated heterocycles. The van der Waals surface area contributed by atoms with Gasteiger partial charge in [0.05, 0.1) is 12.5 Å². The van der Waals surface area contributed by atoms with Crippen LogP contribution in [0, 0.1) is 11.6 Å². The Hall–Kier alpha value is -3.29. The lowest BCUT2D eigenvalue weighted by Gasteiger charge is -2.28. The van der Waals surface area contributed by atoms with Crippen LogP contribution in [-0.4, -0.2) is 36.2 Å². The quantitative estimate of drug-likeness (QED) is 0.864. The number of nitrogens with one attached hydrogen (secondary N) is 2. The zero-order valence-electron chi connectivity index (χ0n) is 14.5. The van der Waals surface area contributed by atoms with E-state index in [4.69, 9.17) is 0 Å². The molecule has 3 rings (SSSR count). The molecule has 140 valence electrons. The van der Waals surface area contributed by atoms with Gasteiger partial charge in [0.15, 0.2) is 0 Å². The van der Waals surface area contributed by atoms with Crippen molar-refractivity contribution in [3.8, 4) is 0 Å². The topological polar surface area (TPSA) is 78.5 Å². The van der Waals surface area contributed by atoms with Crippen molar-refractivity contribution >= 4 is 29.1 Å². The molecule has 1 aliphatic rings. The van der Waals surface area contributed by atoms with Crippen LogP contribution in [0.15, 0.2) is 42.5 Å². The molecular weight excluding hydrogens is 356 g/mol. The van der Waals surface area contributed by atoms with Gasteiger partial charge in [0.25, 0.3) is 0 Å². The normalized spacial score (nSPS) is 15.5. The third-order valence-electron chi connectivity index (χ3n) is 4.24. The zero-order valence-corrected chi connectivity index (χ0v) is 14.5. The number of carbonyl (C=O) groups is 3. The molecule has 1 atom stereocenters. The first-order chi connectivity index (χ1) is 12.8. The van der Waals surface area contributed by atoms with Crippen molar-refractivity contribution in [2.24, 2.45) is 0 Å². The van der Waals surface area contributed by atoms with Gasteiger partial charge in [-0.05, 0) is 42.0 Å². The first-order valence-electron chi connectivity index (χ1n) is 8.23. The van der Waals surface area contributed by atoms with Gasteiger partial charge in [-0.1, -0.05) is 6.07 Å². The fourth-order valence-electron chi connectivity index (χ4n) is 2.95. The standard InChI is InChI=1S/C19H17F2N3O3/c1-24(10-18(26)22-13-5-2-11(20)3-6-13)19(27)15-9-17(25)23-16-8-12(21)4-7-14(15)16/h2-8,15H,9-10H2,1H3,(H,22,26)(H,23,25). The SMILES string of the molecule is CN(CC(=O)Nc1ccc(F)cc1)C(=O)C1CC(=O)Nc2cc(F)ccc21. The molecule has 6 nitrogen and oxygen atoms in total. The average Bonchev–Trinajstić information content (AvgIpc) is 2.61. The summed E-state index contributed by atoms with van der Waals surface area (Å²) in [5.41, 5.74) is 1.17. The molecule has 0 bridgehead atoms. The second-order valence-electron chi connectivity index (χ2n) is 6.29. The van der Waals surface area contributed by atoms with Crippen LogP contribution in [0.2, 0.25) is 0 Å². The van der Waals surface area contributed by atoms with E-state index in [1.165, 1.54) is 48.3 Å². The van der Waals surface area contributed by atoms with Gasteiger partial charge in [0.1, 0.15) is 11.6 Å². The number of hydrogen-bond acceptors (Lipinski definition) is 3. The van der Waals surface area contributed by atoms with Crippen LogP contribution in [0.1, 0.15) is 17.9 Å². The number of rotatable bonds is 4. The van der Waals surface area contributed by atoms with Crippen molar-refractivity contribution in [3.05, 3.63) is 59.7 Å². The molecule has 0 spiro atoms. The molecule has 0 aromatic heterocycles. The average molecular weight is 373 g/mol. The van der Waals surface area contributed by atoms with Crippen LogP contribution in [-0.2, 0) is 14.4 Å². The van der Waals surface area contributed by atoms with E-state index in [2.05, 4.69) is 10.6 Å². The van der Waals surface area contributed by atoms with Gasteiger partial charge in [0.2, 0.25) is 17.7 Å². The molecule has 1 aliphatic heterocycles. The van der Waals surface area contributed by atoms with E-state index in [1.807, 2.05) is 0 Å². The first-order valence-corrected chi connectivity index (χ1v) is 8.23. The van der Waals surface area contributed by atoms with Crippen molar-refractivity contribution in [2.75, 3.05) is 24.2 Å². The highest BCUT2D eigenvalue weighted by molar-refractivity contribution is 6.02. The Morgan fingerprint density at radius 3 is 2.52 bits per heavy atom.